The molecule has 0 aromatic heterocycles. The van der Waals surface area contributed by atoms with Gasteiger partial charge in [-0.05, 0) is 31.4 Å². The molecule has 0 spiro atoms. The van der Waals surface area contributed by atoms with Crippen LogP contribution in [0, 0.1) is 11.7 Å². The van der Waals surface area contributed by atoms with Gasteiger partial charge in [-0.2, -0.15) is 0 Å². The second-order valence-corrected chi connectivity index (χ2v) is 5.67. The lowest BCUT2D eigenvalue weighted by atomic mass is 9.99. The van der Waals surface area contributed by atoms with Crippen LogP contribution in [0.3, 0.4) is 0 Å². The van der Waals surface area contributed by atoms with Crippen molar-refractivity contribution in [2.45, 2.75) is 32.7 Å². The molecule has 0 bridgehead atoms. The lowest BCUT2D eigenvalue weighted by Gasteiger charge is -2.33. The normalized spacial score (nSPS) is 20.8. The highest BCUT2D eigenvalue weighted by Gasteiger charge is 2.24. The molecule has 0 radical (unpaired) electrons. The van der Waals surface area contributed by atoms with Gasteiger partial charge in [0, 0.05) is 31.6 Å². The number of aryl methyl sites for hydroxylation is 1. The lowest BCUT2D eigenvalue weighted by Crippen LogP contribution is -2.52. The highest BCUT2D eigenvalue weighted by molar-refractivity contribution is 5.78. The van der Waals surface area contributed by atoms with Crippen LogP contribution in [0.2, 0.25) is 0 Å². The number of carbonyl (C=O) groups is 1. The number of carbonyl (C=O) groups excluding carboxylic acids is 1. The van der Waals surface area contributed by atoms with E-state index in [0.29, 0.717) is 24.4 Å². The summed E-state index contributed by atoms with van der Waals surface area (Å²) in [6.07, 6.45) is 1.30. The van der Waals surface area contributed by atoms with E-state index in [2.05, 4.69) is 12.2 Å². The third-order valence-electron chi connectivity index (χ3n) is 3.91. The van der Waals surface area contributed by atoms with Crippen LogP contribution in [0.15, 0.2) is 24.3 Å². The average molecular weight is 278 g/mol. The third kappa shape index (κ3) is 3.79. The van der Waals surface area contributed by atoms with Crippen molar-refractivity contribution < 1.29 is 9.18 Å². The highest BCUT2D eigenvalue weighted by Crippen LogP contribution is 2.15. The molecule has 3 nitrogen and oxygen atoms in total. The summed E-state index contributed by atoms with van der Waals surface area (Å²) < 4.78 is 13.5. The SMILES string of the molecule is C[C@H](CCc1ccccc1F)C(=O)N1CCN[C@@H](C)C1. The van der Waals surface area contributed by atoms with Crippen molar-refractivity contribution in [1.82, 2.24) is 10.2 Å². The van der Waals surface area contributed by atoms with Gasteiger partial charge in [0.15, 0.2) is 0 Å². The van der Waals surface area contributed by atoms with Gasteiger partial charge in [0.05, 0.1) is 0 Å². The Morgan fingerprint density at radius 3 is 2.95 bits per heavy atom. The average Bonchev–Trinajstić information content (AvgIpc) is 2.45. The molecule has 1 heterocycles. The second-order valence-electron chi connectivity index (χ2n) is 5.67. The maximum Gasteiger partial charge on any atom is 0.225 e. The molecule has 1 aliphatic heterocycles. The summed E-state index contributed by atoms with van der Waals surface area (Å²) in [6.45, 7) is 6.42. The molecular formula is C16H23FN2O. The van der Waals surface area contributed by atoms with Gasteiger partial charge in [-0.25, -0.2) is 4.39 Å². The summed E-state index contributed by atoms with van der Waals surface area (Å²) in [5, 5.41) is 3.33. The fraction of sp³-hybridized carbons (Fsp3) is 0.562. The largest absolute Gasteiger partial charge is 0.340 e. The molecule has 1 N–H and O–H groups in total. The van der Waals surface area contributed by atoms with E-state index < -0.39 is 0 Å². The molecular weight excluding hydrogens is 255 g/mol. The van der Waals surface area contributed by atoms with Crippen LogP contribution in [0.5, 0.6) is 0 Å². The highest BCUT2D eigenvalue weighted by atomic mass is 19.1. The van der Waals surface area contributed by atoms with Gasteiger partial charge in [-0.3, -0.25) is 4.79 Å². The number of benzene rings is 1. The summed E-state index contributed by atoms with van der Waals surface area (Å²) in [5.74, 6) is -0.0439. The van der Waals surface area contributed by atoms with E-state index in [-0.39, 0.29) is 17.6 Å². The Hall–Kier alpha value is -1.42. The predicted molar refractivity (Wildman–Crippen MR) is 77.9 cm³/mol. The molecule has 110 valence electrons. The van der Waals surface area contributed by atoms with E-state index in [1.807, 2.05) is 17.9 Å². The zero-order valence-corrected chi connectivity index (χ0v) is 12.2. The second kappa shape index (κ2) is 6.84. The number of nitrogens with zero attached hydrogens (tertiary/aromatic N) is 1. The first-order chi connectivity index (χ1) is 9.58. The number of rotatable bonds is 4. The molecule has 1 aliphatic rings. The summed E-state index contributed by atoms with van der Waals surface area (Å²) in [4.78, 5) is 14.3. The molecule has 1 aromatic rings. The topological polar surface area (TPSA) is 32.3 Å². The molecule has 1 fully saturated rings. The van der Waals surface area contributed by atoms with Crippen LogP contribution in [0.25, 0.3) is 0 Å². The van der Waals surface area contributed by atoms with Crippen molar-refractivity contribution in [3.05, 3.63) is 35.6 Å². The molecule has 0 saturated carbocycles. The van der Waals surface area contributed by atoms with Crippen LogP contribution in [0.4, 0.5) is 4.39 Å². The number of halogens is 1. The van der Waals surface area contributed by atoms with E-state index in [4.69, 9.17) is 0 Å². The molecule has 2 atom stereocenters. The molecule has 1 saturated heterocycles. The van der Waals surface area contributed by atoms with Crippen molar-refractivity contribution in [3.8, 4) is 0 Å². The zero-order chi connectivity index (χ0) is 14.5. The Labute approximate surface area is 120 Å². The van der Waals surface area contributed by atoms with Crippen LogP contribution in [-0.4, -0.2) is 36.5 Å². The van der Waals surface area contributed by atoms with Crippen LogP contribution >= 0.6 is 0 Å². The molecule has 2 rings (SSSR count). The molecule has 1 aromatic carbocycles. The molecule has 4 heteroatoms. The van der Waals surface area contributed by atoms with Gasteiger partial charge in [0.2, 0.25) is 5.91 Å². The Balaban J connectivity index is 1.86. The molecule has 0 unspecified atom stereocenters. The van der Waals surface area contributed by atoms with E-state index in [1.165, 1.54) is 6.07 Å². The standard InChI is InChI=1S/C16H23FN2O/c1-12(7-8-14-5-3-4-6-15(14)17)16(20)19-10-9-18-13(2)11-19/h3-6,12-13,18H,7-11H2,1-2H3/t12-,13+/m1/s1. The Morgan fingerprint density at radius 1 is 1.50 bits per heavy atom. The fourth-order valence-electron chi connectivity index (χ4n) is 2.64. The van der Waals surface area contributed by atoms with Gasteiger partial charge in [-0.15, -0.1) is 0 Å². The van der Waals surface area contributed by atoms with Gasteiger partial charge < -0.3 is 10.2 Å². The van der Waals surface area contributed by atoms with E-state index in [0.717, 1.165) is 19.6 Å². The monoisotopic (exact) mass is 278 g/mol. The number of hydrogen-bond donors (Lipinski definition) is 1. The van der Waals surface area contributed by atoms with Gasteiger partial charge in [0.25, 0.3) is 0 Å². The van der Waals surface area contributed by atoms with Crippen molar-refractivity contribution in [3.63, 3.8) is 0 Å². The lowest BCUT2D eigenvalue weighted by molar-refractivity contribution is -0.136. The van der Waals surface area contributed by atoms with Gasteiger partial charge >= 0.3 is 0 Å². The molecule has 1 amide bonds. The third-order valence-corrected chi connectivity index (χ3v) is 3.91. The predicted octanol–water partition coefficient (Wildman–Crippen LogP) is 2.21. The van der Waals surface area contributed by atoms with Crippen molar-refractivity contribution in [2.24, 2.45) is 5.92 Å². The number of hydrogen-bond acceptors (Lipinski definition) is 2. The van der Waals surface area contributed by atoms with Crippen molar-refractivity contribution in [1.29, 1.82) is 0 Å². The number of amides is 1. The van der Waals surface area contributed by atoms with Gasteiger partial charge in [0.1, 0.15) is 5.82 Å². The van der Waals surface area contributed by atoms with E-state index in [1.54, 1.807) is 12.1 Å². The van der Waals surface area contributed by atoms with Crippen LogP contribution in [-0.2, 0) is 11.2 Å². The maximum absolute atomic E-state index is 13.5. The smallest absolute Gasteiger partial charge is 0.225 e. The molecule has 0 aliphatic carbocycles. The maximum atomic E-state index is 13.5. The van der Waals surface area contributed by atoms with Crippen molar-refractivity contribution in [2.75, 3.05) is 19.6 Å². The Bertz CT molecular complexity index is 464. The van der Waals surface area contributed by atoms with Gasteiger partial charge in [-0.1, -0.05) is 25.1 Å². The Kier molecular flexibility index (Phi) is 5.12. The zero-order valence-electron chi connectivity index (χ0n) is 12.2. The summed E-state index contributed by atoms with van der Waals surface area (Å²) in [5.41, 5.74) is 0.695. The molecule has 20 heavy (non-hydrogen) atoms. The van der Waals surface area contributed by atoms with Crippen LogP contribution < -0.4 is 5.32 Å². The number of nitrogens with one attached hydrogen (secondary N) is 1. The first kappa shape index (κ1) is 15.0. The first-order valence-corrected chi connectivity index (χ1v) is 7.33. The van der Waals surface area contributed by atoms with Crippen molar-refractivity contribution >= 4 is 5.91 Å². The minimum absolute atomic E-state index is 0.0556. The summed E-state index contributed by atoms with van der Waals surface area (Å²) in [6, 6.07) is 7.14. The summed E-state index contributed by atoms with van der Waals surface area (Å²) >= 11 is 0. The Morgan fingerprint density at radius 2 is 2.25 bits per heavy atom. The van der Waals surface area contributed by atoms with E-state index >= 15 is 0 Å². The first-order valence-electron chi connectivity index (χ1n) is 7.33. The minimum Gasteiger partial charge on any atom is -0.340 e. The quantitative estimate of drug-likeness (QED) is 0.916. The minimum atomic E-state index is -0.178. The number of piperazine rings is 1. The van der Waals surface area contributed by atoms with E-state index in [9.17, 15) is 9.18 Å². The fourth-order valence-corrected chi connectivity index (χ4v) is 2.64. The van der Waals surface area contributed by atoms with Crippen LogP contribution in [0.1, 0.15) is 25.8 Å². The summed E-state index contributed by atoms with van der Waals surface area (Å²) in [7, 11) is 0.